The first-order valence-corrected chi connectivity index (χ1v) is 13.5. The fraction of sp³-hybridized carbons (Fsp3) is 0.312. The summed E-state index contributed by atoms with van der Waals surface area (Å²) in [5.41, 5.74) is 3.76. The number of para-hydroxylation sites is 2. The van der Waals surface area contributed by atoms with E-state index in [0.717, 1.165) is 50.7 Å². The lowest BCUT2D eigenvalue weighted by atomic mass is 9.96. The molecule has 0 atom stereocenters. The number of carbonyl (C=O) groups excluding carboxylic acids is 1. The Bertz CT molecular complexity index is 1270. The lowest BCUT2D eigenvalue weighted by Gasteiger charge is -2.40. The fourth-order valence-electron chi connectivity index (χ4n) is 5.54. The molecule has 2 saturated heterocycles. The number of carbonyl (C=O) groups is 1. The number of methoxy groups -OCH3 is 1. The summed E-state index contributed by atoms with van der Waals surface area (Å²) >= 11 is 0. The topological polar surface area (TPSA) is 63.1 Å². The SMILES string of the molecule is COc1ccccc1N1CCN(/C=C(/C#N)C(=O)N2CCN(C(c3ccccc3)c3ccccc3)CC2)CC1. The quantitative estimate of drug-likeness (QED) is 0.344. The Kier molecular flexibility index (Phi) is 8.45. The first-order valence-electron chi connectivity index (χ1n) is 13.5. The summed E-state index contributed by atoms with van der Waals surface area (Å²) < 4.78 is 5.51. The average Bonchev–Trinajstić information content (AvgIpc) is 3.01. The highest BCUT2D eigenvalue weighted by atomic mass is 16.5. The molecule has 0 spiro atoms. The van der Waals surface area contributed by atoms with Crippen molar-refractivity contribution in [2.24, 2.45) is 0 Å². The number of amides is 1. The Balaban J connectivity index is 1.21. The molecular formula is C32H35N5O2. The van der Waals surface area contributed by atoms with Crippen molar-refractivity contribution in [3.63, 3.8) is 0 Å². The van der Waals surface area contributed by atoms with Gasteiger partial charge in [0, 0.05) is 58.6 Å². The van der Waals surface area contributed by atoms with Gasteiger partial charge in [0.1, 0.15) is 17.4 Å². The zero-order valence-electron chi connectivity index (χ0n) is 22.4. The molecule has 3 aromatic carbocycles. The van der Waals surface area contributed by atoms with Crippen LogP contribution in [0.2, 0.25) is 0 Å². The van der Waals surface area contributed by atoms with Gasteiger partial charge in [0.2, 0.25) is 0 Å². The van der Waals surface area contributed by atoms with Crippen LogP contribution in [0.4, 0.5) is 5.69 Å². The van der Waals surface area contributed by atoms with Gasteiger partial charge in [-0.1, -0.05) is 72.8 Å². The van der Waals surface area contributed by atoms with E-state index in [-0.39, 0.29) is 17.5 Å². The Morgan fingerprint density at radius 2 is 1.36 bits per heavy atom. The molecule has 7 nitrogen and oxygen atoms in total. The summed E-state index contributed by atoms with van der Waals surface area (Å²) in [6, 6.07) is 31.4. The first-order chi connectivity index (χ1) is 19.2. The van der Waals surface area contributed by atoms with Crippen molar-refractivity contribution in [3.05, 3.63) is 108 Å². The van der Waals surface area contributed by atoms with E-state index in [1.165, 1.54) is 11.1 Å². The van der Waals surface area contributed by atoms with E-state index in [0.29, 0.717) is 13.1 Å². The van der Waals surface area contributed by atoms with Gasteiger partial charge in [-0.3, -0.25) is 9.69 Å². The molecule has 0 saturated carbocycles. The van der Waals surface area contributed by atoms with Crippen LogP contribution in [-0.2, 0) is 4.79 Å². The normalized spacial score (nSPS) is 16.7. The van der Waals surface area contributed by atoms with Crippen LogP contribution in [-0.4, -0.2) is 80.1 Å². The van der Waals surface area contributed by atoms with Gasteiger partial charge in [-0.15, -0.1) is 0 Å². The van der Waals surface area contributed by atoms with Crippen molar-refractivity contribution in [3.8, 4) is 11.8 Å². The molecule has 2 aliphatic rings. The predicted octanol–water partition coefficient (Wildman–Crippen LogP) is 4.16. The third-order valence-electron chi connectivity index (χ3n) is 7.60. The molecule has 5 rings (SSSR count). The van der Waals surface area contributed by atoms with Crippen molar-refractivity contribution in [1.82, 2.24) is 14.7 Å². The van der Waals surface area contributed by atoms with E-state index in [9.17, 15) is 10.1 Å². The molecule has 0 aliphatic carbocycles. The fourth-order valence-corrected chi connectivity index (χ4v) is 5.54. The number of benzene rings is 3. The zero-order valence-corrected chi connectivity index (χ0v) is 22.4. The van der Waals surface area contributed by atoms with Crippen LogP contribution in [0.15, 0.2) is 96.7 Å². The van der Waals surface area contributed by atoms with Crippen molar-refractivity contribution >= 4 is 11.6 Å². The molecule has 0 N–H and O–H groups in total. The van der Waals surface area contributed by atoms with Crippen molar-refractivity contribution in [2.45, 2.75) is 6.04 Å². The minimum absolute atomic E-state index is 0.134. The highest BCUT2D eigenvalue weighted by molar-refractivity contribution is 5.97. The Morgan fingerprint density at radius 3 is 1.92 bits per heavy atom. The lowest BCUT2D eigenvalue weighted by Crippen LogP contribution is -2.50. The summed E-state index contributed by atoms with van der Waals surface area (Å²) in [6.45, 7) is 5.74. The molecule has 2 heterocycles. The summed E-state index contributed by atoms with van der Waals surface area (Å²) in [5, 5.41) is 9.86. The molecule has 0 aromatic heterocycles. The van der Waals surface area contributed by atoms with Gasteiger partial charge in [0.15, 0.2) is 0 Å². The second kappa shape index (κ2) is 12.5. The third kappa shape index (κ3) is 6.08. The summed E-state index contributed by atoms with van der Waals surface area (Å²) in [5.74, 6) is 0.676. The summed E-state index contributed by atoms with van der Waals surface area (Å²) in [4.78, 5) is 22.0. The standard InChI is InChI=1S/C32H35N5O2/c1-39-30-15-9-8-14-29(30)35-18-16-34(17-19-35)25-28(24-33)32(38)37-22-20-36(21-23-37)31(26-10-4-2-5-11-26)27-12-6-3-7-13-27/h2-15,25,31H,16-23H2,1H3/b28-25-. The van der Waals surface area contributed by atoms with Crippen LogP contribution in [0.3, 0.4) is 0 Å². The first kappa shape index (κ1) is 26.3. The van der Waals surface area contributed by atoms with Crippen LogP contribution in [0.1, 0.15) is 17.2 Å². The molecule has 0 unspecified atom stereocenters. The van der Waals surface area contributed by atoms with E-state index in [2.05, 4.69) is 75.4 Å². The molecule has 0 bridgehead atoms. The van der Waals surface area contributed by atoms with Crippen molar-refractivity contribution in [2.75, 3.05) is 64.4 Å². The highest BCUT2D eigenvalue weighted by Crippen LogP contribution is 2.30. The minimum Gasteiger partial charge on any atom is -0.495 e. The van der Waals surface area contributed by atoms with Crippen LogP contribution in [0, 0.1) is 11.3 Å². The largest absolute Gasteiger partial charge is 0.495 e. The van der Waals surface area contributed by atoms with Gasteiger partial charge in [0.05, 0.1) is 18.8 Å². The molecule has 1 amide bonds. The van der Waals surface area contributed by atoms with E-state index in [1.807, 2.05) is 35.2 Å². The Morgan fingerprint density at radius 1 is 0.795 bits per heavy atom. The maximum absolute atomic E-state index is 13.4. The zero-order chi connectivity index (χ0) is 27.0. The number of nitrogens with zero attached hydrogens (tertiary/aromatic N) is 5. The van der Waals surface area contributed by atoms with Crippen LogP contribution < -0.4 is 9.64 Å². The smallest absolute Gasteiger partial charge is 0.266 e. The number of hydrogen-bond acceptors (Lipinski definition) is 6. The van der Waals surface area contributed by atoms with Gasteiger partial charge in [-0.05, 0) is 23.3 Å². The molecule has 200 valence electrons. The number of hydrogen-bond donors (Lipinski definition) is 0. The predicted molar refractivity (Wildman–Crippen MR) is 153 cm³/mol. The molecule has 0 radical (unpaired) electrons. The van der Waals surface area contributed by atoms with E-state index >= 15 is 0 Å². The molecule has 3 aromatic rings. The number of ether oxygens (including phenoxy) is 1. The van der Waals surface area contributed by atoms with E-state index in [1.54, 1.807) is 13.3 Å². The summed E-state index contributed by atoms with van der Waals surface area (Å²) in [6.07, 6.45) is 1.75. The molecule has 2 fully saturated rings. The van der Waals surface area contributed by atoms with Crippen LogP contribution in [0.5, 0.6) is 5.75 Å². The van der Waals surface area contributed by atoms with Crippen LogP contribution >= 0.6 is 0 Å². The Hall–Kier alpha value is -4.28. The second-order valence-corrected chi connectivity index (χ2v) is 9.90. The molecular weight excluding hydrogens is 486 g/mol. The maximum Gasteiger partial charge on any atom is 0.266 e. The van der Waals surface area contributed by atoms with E-state index in [4.69, 9.17) is 4.74 Å². The second-order valence-electron chi connectivity index (χ2n) is 9.90. The molecule has 2 aliphatic heterocycles. The number of anilines is 1. The third-order valence-corrected chi connectivity index (χ3v) is 7.60. The van der Waals surface area contributed by atoms with E-state index < -0.39 is 0 Å². The number of rotatable bonds is 7. The van der Waals surface area contributed by atoms with Gasteiger partial charge < -0.3 is 19.4 Å². The van der Waals surface area contributed by atoms with Gasteiger partial charge in [-0.25, -0.2) is 0 Å². The number of nitriles is 1. The van der Waals surface area contributed by atoms with Crippen LogP contribution in [0.25, 0.3) is 0 Å². The summed E-state index contributed by atoms with van der Waals surface area (Å²) in [7, 11) is 1.69. The Labute approximate surface area is 231 Å². The van der Waals surface area contributed by atoms with Crippen molar-refractivity contribution in [1.29, 1.82) is 5.26 Å². The van der Waals surface area contributed by atoms with Crippen molar-refractivity contribution < 1.29 is 9.53 Å². The minimum atomic E-state index is -0.180. The van der Waals surface area contributed by atoms with Gasteiger partial charge >= 0.3 is 0 Å². The van der Waals surface area contributed by atoms with Gasteiger partial charge in [0.25, 0.3) is 5.91 Å². The average molecular weight is 522 g/mol. The number of piperazine rings is 2. The maximum atomic E-state index is 13.4. The molecule has 7 heteroatoms. The monoisotopic (exact) mass is 521 g/mol. The molecule has 39 heavy (non-hydrogen) atoms. The van der Waals surface area contributed by atoms with Gasteiger partial charge in [-0.2, -0.15) is 5.26 Å². The highest BCUT2D eigenvalue weighted by Gasteiger charge is 2.30. The lowest BCUT2D eigenvalue weighted by molar-refractivity contribution is -0.128.